The van der Waals surface area contributed by atoms with Crippen molar-refractivity contribution in [3.05, 3.63) is 103 Å². The monoisotopic (exact) mass is 440 g/mol. The van der Waals surface area contributed by atoms with Crippen LogP contribution in [0.2, 0.25) is 5.02 Å². The van der Waals surface area contributed by atoms with Crippen LogP contribution in [0.5, 0.6) is 0 Å². The first kappa shape index (κ1) is 18.8. The van der Waals surface area contributed by atoms with Gasteiger partial charge in [0.15, 0.2) is 0 Å². The topological polar surface area (TPSA) is 61.3 Å². The van der Waals surface area contributed by atoms with Crippen LogP contribution in [-0.2, 0) is 13.1 Å². The van der Waals surface area contributed by atoms with E-state index in [4.69, 9.17) is 11.6 Å². The molecule has 0 amide bonds. The van der Waals surface area contributed by atoms with Gasteiger partial charge in [-0.05, 0) is 46.8 Å². The van der Waals surface area contributed by atoms with Crippen LogP contribution in [-0.4, -0.2) is 18.7 Å². The number of hydrogen-bond donors (Lipinski definition) is 0. The van der Waals surface area contributed by atoms with Crippen LogP contribution >= 0.6 is 22.9 Å². The lowest BCUT2D eigenvalue weighted by Gasteiger charge is -2.08. The molecule has 0 saturated heterocycles. The average Bonchev–Trinajstić information content (AvgIpc) is 3.34. The van der Waals surface area contributed by atoms with Crippen LogP contribution in [0.15, 0.2) is 69.6 Å². The van der Waals surface area contributed by atoms with Crippen molar-refractivity contribution in [2.45, 2.75) is 13.1 Å². The van der Waals surface area contributed by atoms with Crippen LogP contribution in [0.3, 0.4) is 0 Å². The fraction of sp³-hybridized carbons (Fsp3) is 0.0952. The molecule has 9 heteroatoms. The van der Waals surface area contributed by atoms with Gasteiger partial charge >= 0.3 is 5.69 Å². The molecule has 0 fully saturated rings. The van der Waals surface area contributed by atoms with Crippen molar-refractivity contribution in [2.24, 2.45) is 0 Å². The molecule has 5 rings (SSSR count). The Bertz CT molecular complexity index is 1500. The van der Waals surface area contributed by atoms with Crippen molar-refractivity contribution >= 4 is 38.9 Å². The molecule has 5 aromatic rings. The van der Waals surface area contributed by atoms with Gasteiger partial charge in [-0.1, -0.05) is 35.9 Å². The SMILES string of the molecule is O=c1c2sccc2n2c(=O)n(Cc3ccc(Cl)cc3)nc2n1Cc1ccc(F)cc1. The van der Waals surface area contributed by atoms with Gasteiger partial charge in [0.1, 0.15) is 10.5 Å². The summed E-state index contributed by atoms with van der Waals surface area (Å²) in [4.78, 5) is 26.3. The molecule has 0 radical (unpaired) electrons. The Morgan fingerprint density at radius 1 is 0.933 bits per heavy atom. The van der Waals surface area contributed by atoms with E-state index in [1.165, 1.54) is 37.1 Å². The summed E-state index contributed by atoms with van der Waals surface area (Å²) in [6.45, 7) is 0.419. The van der Waals surface area contributed by atoms with Crippen LogP contribution in [0.4, 0.5) is 4.39 Å². The Hall–Kier alpha value is -3.23. The Balaban J connectivity index is 1.71. The third kappa shape index (κ3) is 3.14. The molecule has 150 valence electrons. The number of benzene rings is 2. The van der Waals surface area contributed by atoms with Gasteiger partial charge < -0.3 is 0 Å². The molecule has 0 N–H and O–H groups in total. The Morgan fingerprint density at radius 3 is 2.33 bits per heavy atom. The molecule has 0 unspecified atom stereocenters. The Morgan fingerprint density at radius 2 is 1.60 bits per heavy atom. The minimum Gasteiger partial charge on any atom is -0.271 e. The molecule has 3 heterocycles. The second-order valence-corrected chi connectivity index (χ2v) is 8.21. The number of aromatic nitrogens is 4. The van der Waals surface area contributed by atoms with E-state index in [9.17, 15) is 14.0 Å². The quantitative estimate of drug-likeness (QED) is 0.427. The highest BCUT2D eigenvalue weighted by Gasteiger charge is 2.18. The number of thiophene rings is 1. The lowest BCUT2D eigenvalue weighted by atomic mass is 10.2. The van der Waals surface area contributed by atoms with E-state index in [1.807, 2.05) is 12.1 Å². The van der Waals surface area contributed by atoms with Gasteiger partial charge in [-0.2, -0.15) is 0 Å². The molecule has 0 aliphatic heterocycles. The maximum atomic E-state index is 13.3. The van der Waals surface area contributed by atoms with Crippen LogP contribution in [0.25, 0.3) is 16.0 Å². The number of halogens is 2. The Kier molecular flexibility index (Phi) is 4.52. The first-order chi connectivity index (χ1) is 14.5. The van der Waals surface area contributed by atoms with E-state index >= 15 is 0 Å². The molecule has 0 saturated carbocycles. The summed E-state index contributed by atoms with van der Waals surface area (Å²) < 4.78 is 18.0. The van der Waals surface area contributed by atoms with Crippen molar-refractivity contribution < 1.29 is 4.39 Å². The molecule has 6 nitrogen and oxygen atoms in total. The molecular weight excluding hydrogens is 427 g/mol. The van der Waals surface area contributed by atoms with Crippen molar-refractivity contribution in [1.82, 2.24) is 18.7 Å². The lowest BCUT2D eigenvalue weighted by molar-refractivity contribution is 0.626. The molecule has 0 aliphatic carbocycles. The maximum Gasteiger partial charge on any atom is 0.352 e. The zero-order valence-electron chi connectivity index (χ0n) is 15.5. The number of fused-ring (bicyclic) bond motifs is 3. The van der Waals surface area contributed by atoms with Gasteiger partial charge in [0.05, 0.1) is 18.6 Å². The van der Waals surface area contributed by atoms with Crippen molar-refractivity contribution in [2.75, 3.05) is 0 Å². The highest BCUT2D eigenvalue weighted by atomic mass is 35.5. The van der Waals surface area contributed by atoms with Crippen LogP contribution in [0.1, 0.15) is 11.1 Å². The largest absolute Gasteiger partial charge is 0.352 e. The molecule has 0 atom stereocenters. The van der Waals surface area contributed by atoms with Gasteiger partial charge in [-0.15, -0.1) is 16.4 Å². The van der Waals surface area contributed by atoms with E-state index < -0.39 is 0 Å². The van der Waals surface area contributed by atoms with Gasteiger partial charge in [0, 0.05) is 5.02 Å². The third-order valence-electron chi connectivity index (χ3n) is 4.89. The fourth-order valence-corrected chi connectivity index (χ4v) is 4.36. The molecule has 2 aromatic carbocycles. The van der Waals surface area contributed by atoms with E-state index in [-0.39, 0.29) is 35.9 Å². The summed E-state index contributed by atoms with van der Waals surface area (Å²) in [6.07, 6.45) is 0. The number of hydrogen-bond acceptors (Lipinski definition) is 4. The lowest BCUT2D eigenvalue weighted by Crippen LogP contribution is -2.26. The van der Waals surface area contributed by atoms with E-state index in [0.717, 1.165) is 11.1 Å². The minimum atomic E-state index is -0.353. The summed E-state index contributed by atoms with van der Waals surface area (Å²) in [6, 6.07) is 14.8. The number of rotatable bonds is 4. The van der Waals surface area contributed by atoms with E-state index in [1.54, 1.807) is 35.7 Å². The first-order valence-corrected chi connectivity index (χ1v) is 10.4. The summed E-state index contributed by atoms with van der Waals surface area (Å²) in [5.41, 5.74) is 1.55. The van der Waals surface area contributed by atoms with Crippen molar-refractivity contribution in [1.29, 1.82) is 0 Å². The second-order valence-electron chi connectivity index (χ2n) is 6.85. The van der Waals surface area contributed by atoms with Crippen molar-refractivity contribution in [3.63, 3.8) is 0 Å². The number of nitrogens with zero attached hydrogens (tertiary/aromatic N) is 4. The first-order valence-electron chi connectivity index (χ1n) is 9.10. The predicted octanol–water partition coefficient (Wildman–Crippen LogP) is 3.76. The summed E-state index contributed by atoms with van der Waals surface area (Å²) in [7, 11) is 0. The standard InChI is InChI=1S/C21H14ClFN4O2S/c22-15-5-1-14(2-6-15)12-26-21(29)27-17-9-10-30-18(17)19(28)25(20(27)24-26)11-13-3-7-16(23)8-4-13/h1-10H,11-12H2. The van der Waals surface area contributed by atoms with Gasteiger partial charge in [0.2, 0.25) is 5.78 Å². The second kappa shape index (κ2) is 7.23. The maximum absolute atomic E-state index is 13.3. The molecule has 0 bridgehead atoms. The molecule has 0 spiro atoms. The molecule has 30 heavy (non-hydrogen) atoms. The average molecular weight is 441 g/mol. The highest BCUT2D eigenvalue weighted by Crippen LogP contribution is 2.18. The normalized spacial score (nSPS) is 11.5. The van der Waals surface area contributed by atoms with Gasteiger partial charge in [-0.25, -0.2) is 18.3 Å². The van der Waals surface area contributed by atoms with Crippen molar-refractivity contribution in [3.8, 4) is 0 Å². The summed E-state index contributed by atoms with van der Waals surface area (Å²) in [5, 5.41) is 6.84. The third-order valence-corrected chi connectivity index (χ3v) is 6.03. The van der Waals surface area contributed by atoms with Crippen LogP contribution in [0, 0.1) is 5.82 Å². The fourth-order valence-electron chi connectivity index (χ4n) is 3.41. The summed E-state index contributed by atoms with van der Waals surface area (Å²) >= 11 is 7.21. The van der Waals surface area contributed by atoms with Crippen LogP contribution < -0.4 is 11.2 Å². The molecule has 3 aromatic heterocycles. The van der Waals surface area contributed by atoms with Gasteiger partial charge in [-0.3, -0.25) is 9.36 Å². The molecular formula is C21H14ClFN4O2S. The zero-order valence-corrected chi connectivity index (χ0v) is 17.0. The predicted molar refractivity (Wildman–Crippen MR) is 115 cm³/mol. The van der Waals surface area contributed by atoms with E-state index in [2.05, 4.69) is 5.10 Å². The Labute approximate surface area is 178 Å². The zero-order chi connectivity index (χ0) is 20.8. The van der Waals surface area contributed by atoms with E-state index in [0.29, 0.717) is 15.2 Å². The minimum absolute atomic E-state index is 0.174. The highest BCUT2D eigenvalue weighted by molar-refractivity contribution is 7.17. The molecule has 0 aliphatic rings. The summed E-state index contributed by atoms with van der Waals surface area (Å²) in [5.74, 6) is -0.109. The smallest absolute Gasteiger partial charge is 0.271 e. The van der Waals surface area contributed by atoms with Gasteiger partial charge in [0.25, 0.3) is 5.56 Å².